The van der Waals surface area contributed by atoms with E-state index in [9.17, 15) is 33.6 Å². The summed E-state index contributed by atoms with van der Waals surface area (Å²) in [7, 11) is 10.9. The van der Waals surface area contributed by atoms with Crippen LogP contribution in [0.3, 0.4) is 0 Å². The summed E-state index contributed by atoms with van der Waals surface area (Å²) in [5, 5.41) is 0. The second-order valence-corrected chi connectivity index (χ2v) is 24.5. The molecule has 113 heavy (non-hydrogen) atoms. The van der Waals surface area contributed by atoms with E-state index in [-0.39, 0.29) is 25.2 Å². The maximum absolute atomic E-state index is 12.9. The predicted molar refractivity (Wildman–Crippen MR) is 416 cm³/mol. The Morgan fingerprint density at radius 3 is 0.602 bits per heavy atom. The van der Waals surface area contributed by atoms with Gasteiger partial charge < -0.3 is 99.5 Å². The van der Waals surface area contributed by atoms with Gasteiger partial charge in [0, 0.05) is 0 Å². The molecule has 0 fully saturated rings. The predicted octanol–water partition coefficient (Wildman–Crippen LogP) is 13.8. The van der Waals surface area contributed by atoms with Crippen molar-refractivity contribution in [1.29, 1.82) is 0 Å². The fraction of sp³-hybridized carbons (Fsp3) is 0.424. The largest absolute Gasteiger partial charge is 0.497 e. The van der Waals surface area contributed by atoms with E-state index in [1.165, 1.54) is 54.9 Å². The van der Waals surface area contributed by atoms with Crippen LogP contribution in [0.1, 0.15) is 101 Å². The molecule has 7 aromatic rings. The van der Waals surface area contributed by atoms with E-state index in [0.29, 0.717) is 82.2 Å². The summed E-state index contributed by atoms with van der Waals surface area (Å²) < 4.78 is 111. The zero-order valence-electron chi connectivity index (χ0n) is 67.2. The molecular weight excluding hydrogens is 1470 g/mol. The Balaban J connectivity index is 0.000000341. The first-order valence-electron chi connectivity index (χ1n) is 36.7. The topological polar surface area (TPSA) is 313 Å². The number of carbonyl (C=O) groups is 7. The number of carbonyl (C=O) groups excluding carboxylic acids is 7. The molecule has 0 amide bonds. The zero-order chi connectivity index (χ0) is 82.9. The molecule has 0 saturated carbocycles. The van der Waals surface area contributed by atoms with Crippen LogP contribution < -0.4 is 66.3 Å². The Morgan fingerprint density at radius 1 is 0.221 bits per heavy atom. The molecule has 0 aromatic heterocycles. The Labute approximate surface area is 661 Å². The van der Waals surface area contributed by atoms with Crippen LogP contribution >= 0.6 is 0 Å². The highest BCUT2D eigenvalue weighted by Gasteiger charge is 2.28. The van der Waals surface area contributed by atoms with E-state index >= 15 is 0 Å². The second-order valence-electron chi connectivity index (χ2n) is 24.5. The Hall–Kier alpha value is -12.0. The number of rotatable bonds is 44. The zero-order valence-corrected chi connectivity index (χ0v) is 67.2. The SMILES string of the molecule is CCCCCCOC(=O)C(C)Oc1ccc(OC)cc1.CCCCOC(=O)C(C)Oc1ccc(OC)cc1.COc1ccc(OC(C)C(=O)OCC(COC(=O)C(C)Oc2ccc(OC)cc2)OC(=O)C(C)Oc2ccc(OC)cc2)cc1.COc1ccc(OC(C)C(=O)OCCOC(=O)C(C)Oc2ccc(OC)cc2)cc1. The lowest BCUT2D eigenvalue weighted by Crippen LogP contribution is -2.38. The van der Waals surface area contributed by atoms with E-state index in [4.69, 9.17) is 99.5 Å². The van der Waals surface area contributed by atoms with E-state index in [1.54, 1.807) is 226 Å². The third kappa shape index (κ3) is 37.1. The highest BCUT2D eigenvalue weighted by Crippen LogP contribution is 2.26. The normalized spacial score (nSPS) is 12.5. The average Bonchev–Trinajstić information content (AvgIpc) is 1.11. The Bertz CT molecular complexity index is 3700. The smallest absolute Gasteiger partial charge is 0.347 e. The lowest BCUT2D eigenvalue weighted by atomic mass is 10.2. The van der Waals surface area contributed by atoms with Gasteiger partial charge in [-0.3, -0.25) is 0 Å². The van der Waals surface area contributed by atoms with Gasteiger partial charge in [-0.2, -0.15) is 0 Å². The van der Waals surface area contributed by atoms with E-state index in [0.717, 1.165) is 37.2 Å². The molecule has 28 nitrogen and oxygen atoms in total. The highest BCUT2D eigenvalue weighted by molar-refractivity contribution is 5.78. The van der Waals surface area contributed by atoms with Gasteiger partial charge in [0.25, 0.3) is 0 Å². The minimum Gasteiger partial charge on any atom is -0.497 e. The van der Waals surface area contributed by atoms with Crippen molar-refractivity contribution in [3.8, 4) is 80.5 Å². The lowest BCUT2D eigenvalue weighted by molar-refractivity contribution is -0.174. The molecule has 0 saturated heterocycles. The molecule has 0 N–H and O–H groups in total. The highest BCUT2D eigenvalue weighted by atomic mass is 16.6. The number of ether oxygens (including phenoxy) is 21. The molecule has 0 radical (unpaired) electrons. The molecule has 616 valence electrons. The van der Waals surface area contributed by atoms with Crippen molar-refractivity contribution in [3.05, 3.63) is 170 Å². The fourth-order valence-corrected chi connectivity index (χ4v) is 9.08. The first-order valence-corrected chi connectivity index (χ1v) is 36.7. The molecule has 0 heterocycles. The Morgan fingerprint density at radius 2 is 0.398 bits per heavy atom. The maximum Gasteiger partial charge on any atom is 0.347 e. The van der Waals surface area contributed by atoms with E-state index in [2.05, 4.69) is 6.92 Å². The number of methoxy groups -OCH3 is 7. The monoisotopic (exact) mass is 1580 g/mol. The number of hydrogen-bond acceptors (Lipinski definition) is 28. The van der Waals surface area contributed by atoms with Crippen LogP contribution in [-0.4, -0.2) is 180 Å². The number of benzene rings is 7. The molecule has 7 aromatic carbocycles. The summed E-state index contributed by atoms with van der Waals surface area (Å²) in [5.74, 6) is 4.27. The summed E-state index contributed by atoms with van der Waals surface area (Å²) in [6.45, 7) is 15.1. The van der Waals surface area contributed by atoms with Gasteiger partial charge in [-0.25, -0.2) is 33.6 Å². The van der Waals surface area contributed by atoms with Crippen LogP contribution in [0.2, 0.25) is 0 Å². The van der Waals surface area contributed by atoms with Gasteiger partial charge >= 0.3 is 41.8 Å². The van der Waals surface area contributed by atoms with Gasteiger partial charge in [0.15, 0.2) is 48.8 Å². The van der Waals surface area contributed by atoms with Crippen LogP contribution in [0, 0.1) is 0 Å². The minimum absolute atomic E-state index is 0.0872. The fourth-order valence-electron chi connectivity index (χ4n) is 9.08. The van der Waals surface area contributed by atoms with Crippen molar-refractivity contribution in [3.63, 3.8) is 0 Å². The van der Waals surface area contributed by atoms with Crippen molar-refractivity contribution in [2.24, 2.45) is 0 Å². The third-order valence-electron chi connectivity index (χ3n) is 15.6. The van der Waals surface area contributed by atoms with Gasteiger partial charge in [0.2, 0.25) is 0 Å². The van der Waals surface area contributed by atoms with Gasteiger partial charge in [-0.05, 0) is 231 Å². The maximum atomic E-state index is 12.9. The molecule has 0 aliphatic carbocycles. The van der Waals surface area contributed by atoms with Crippen LogP contribution in [0.5, 0.6) is 80.5 Å². The van der Waals surface area contributed by atoms with Crippen molar-refractivity contribution >= 4 is 41.8 Å². The molecule has 7 rings (SSSR count). The van der Waals surface area contributed by atoms with Crippen molar-refractivity contribution < 1.29 is 133 Å². The van der Waals surface area contributed by atoms with Crippen LogP contribution in [0.15, 0.2) is 170 Å². The second kappa shape index (κ2) is 53.0. The Kier molecular flexibility index (Phi) is 43.8. The molecule has 28 heteroatoms. The average molecular weight is 1580 g/mol. The first kappa shape index (κ1) is 93.4. The third-order valence-corrected chi connectivity index (χ3v) is 15.6. The minimum atomic E-state index is -1.16. The quantitative estimate of drug-likeness (QED) is 0.0195. The molecule has 7 unspecified atom stereocenters. The summed E-state index contributed by atoms with van der Waals surface area (Å²) >= 11 is 0. The van der Waals surface area contributed by atoms with Crippen LogP contribution in [0.25, 0.3) is 0 Å². The molecular formula is C85H108O28. The lowest BCUT2D eigenvalue weighted by Gasteiger charge is -2.22. The van der Waals surface area contributed by atoms with E-state index < -0.39 is 91.9 Å². The van der Waals surface area contributed by atoms with Crippen molar-refractivity contribution in [2.75, 3.05) is 89.4 Å². The van der Waals surface area contributed by atoms with Gasteiger partial charge in [0.05, 0.1) is 63.0 Å². The molecule has 0 aliphatic heterocycles. The van der Waals surface area contributed by atoms with Crippen molar-refractivity contribution in [2.45, 2.75) is 150 Å². The number of esters is 7. The summed E-state index contributed by atoms with van der Waals surface area (Å²) in [4.78, 5) is 85.6. The summed E-state index contributed by atoms with van der Waals surface area (Å²) in [6, 6.07) is 47.8. The first-order chi connectivity index (χ1) is 54.4. The van der Waals surface area contributed by atoms with Gasteiger partial charge in [-0.1, -0.05) is 39.5 Å². The molecule has 7 atom stereocenters. The van der Waals surface area contributed by atoms with Gasteiger partial charge in [-0.15, -0.1) is 0 Å². The van der Waals surface area contributed by atoms with Crippen LogP contribution in [0.4, 0.5) is 0 Å². The standard InChI is InChI=1S/C33H38O12.C22H26O8.C16H24O4.C14H20O4/c1-21(42-27-13-7-24(37-4)8-14-27)31(34)40-19-30(45-33(36)23(3)44-29-17-11-26(39-6)12-18-29)20-41-32(35)22(2)43-28-15-9-25(38-5)10-16-28;1-15(29-19-9-5-17(25-3)6-10-19)21(23)27-13-14-28-22(24)16(2)30-20-11-7-18(26-4)8-12-20;1-4-5-6-7-12-19-16(17)13(2)20-15-10-8-14(18-3)9-11-15;1-4-5-10-17-14(15)11(2)18-13-8-6-12(16-3)7-9-13/h7-18,21-23,30H,19-20H2,1-6H3;5-12,15-16H,13-14H2,1-4H3;8-11,13H,4-7,12H2,1-3H3;6-9,11H,4-5,10H2,1-3H3. The number of unbranched alkanes of at least 4 members (excludes halogenated alkanes) is 4. The molecule has 0 aliphatic rings. The number of hydrogen-bond donors (Lipinski definition) is 0. The molecule has 0 spiro atoms. The van der Waals surface area contributed by atoms with Gasteiger partial charge in [0.1, 0.15) is 107 Å². The molecule has 0 bridgehead atoms. The summed E-state index contributed by atoms with van der Waals surface area (Å²) in [6.07, 6.45) is -0.785. The van der Waals surface area contributed by atoms with E-state index in [1.807, 2.05) is 6.92 Å². The van der Waals surface area contributed by atoms with Crippen LogP contribution in [-0.2, 0) is 66.7 Å². The van der Waals surface area contributed by atoms with Crippen molar-refractivity contribution in [1.82, 2.24) is 0 Å². The summed E-state index contributed by atoms with van der Waals surface area (Å²) in [5.41, 5.74) is 0.